The van der Waals surface area contributed by atoms with Crippen molar-refractivity contribution in [3.05, 3.63) is 29.8 Å². The summed E-state index contributed by atoms with van der Waals surface area (Å²) in [5, 5.41) is 6.32. The fourth-order valence-electron chi connectivity index (χ4n) is 2.46. The fourth-order valence-corrected chi connectivity index (χ4v) is 3.34. The minimum Gasteiger partial charge on any atom is -0.349 e. The molecule has 1 aliphatic rings. The number of sulfone groups is 1. The van der Waals surface area contributed by atoms with Crippen molar-refractivity contribution in [1.82, 2.24) is 10.6 Å². The first kappa shape index (κ1) is 18.9. The highest BCUT2D eigenvalue weighted by molar-refractivity contribution is 7.91. The molecule has 1 aromatic carbocycles. The van der Waals surface area contributed by atoms with Crippen LogP contribution in [0, 0.1) is 5.92 Å². The highest BCUT2D eigenvalue weighted by Gasteiger charge is 2.23. The number of rotatable bonds is 4. The van der Waals surface area contributed by atoms with Gasteiger partial charge in [-0.3, -0.25) is 4.79 Å². The van der Waals surface area contributed by atoms with Gasteiger partial charge >= 0.3 is 0 Å². The van der Waals surface area contributed by atoms with Crippen LogP contribution in [0.3, 0.4) is 0 Å². The zero-order valence-electron chi connectivity index (χ0n) is 12.8. The molecule has 2 atom stereocenters. The fraction of sp³-hybridized carbons (Fsp3) is 0.533. The largest absolute Gasteiger partial charge is 0.349 e. The molecule has 1 saturated heterocycles. The van der Waals surface area contributed by atoms with Crippen LogP contribution in [-0.4, -0.2) is 39.2 Å². The first-order chi connectivity index (χ1) is 9.94. The monoisotopic (exact) mass is 346 g/mol. The molecular formula is C15H23ClN2O3S. The van der Waals surface area contributed by atoms with Gasteiger partial charge in [0, 0.05) is 11.6 Å². The number of piperidine rings is 1. The normalized spacial score (nSPS) is 21.7. The summed E-state index contributed by atoms with van der Waals surface area (Å²) in [6.07, 6.45) is 0.912. The standard InChI is InChI=1S/C15H22N2O3S.ClH/c1-3-21(19,20)13-6-4-12(5-7-13)15(18)17-14-8-9-16-10-11(14)2;/h4-7,11,14,16H,3,8-10H2,1-2H3,(H,17,18);1H. The predicted octanol–water partition coefficient (Wildman–Crippen LogP) is 1.63. The molecular weight excluding hydrogens is 324 g/mol. The van der Waals surface area contributed by atoms with Gasteiger partial charge in [-0.25, -0.2) is 8.42 Å². The molecule has 124 valence electrons. The van der Waals surface area contributed by atoms with E-state index in [0.29, 0.717) is 11.5 Å². The second-order valence-electron chi connectivity index (χ2n) is 5.48. The maximum Gasteiger partial charge on any atom is 0.251 e. The van der Waals surface area contributed by atoms with E-state index in [2.05, 4.69) is 17.6 Å². The van der Waals surface area contributed by atoms with Gasteiger partial charge in [0.25, 0.3) is 5.91 Å². The number of halogens is 1. The molecule has 0 spiro atoms. The second kappa shape index (κ2) is 7.94. The Morgan fingerprint density at radius 2 is 1.95 bits per heavy atom. The third kappa shape index (κ3) is 4.44. The van der Waals surface area contributed by atoms with E-state index in [0.717, 1.165) is 19.5 Å². The quantitative estimate of drug-likeness (QED) is 0.869. The smallest absolute Gasteiger partial charge is 0.251 e. The number of nitrogens with one attached hydrogen (secondary N) is 2. The summed E-state index contributed by atoms with van der Waals surface area (Å²) in [5.41, 5.74) is 0.496. The molecule has 0 aliphatic carbocycles. The highest BCUT2D eigenvalue weighted by Crippen LogP contribution is 2.14. The van der Waals surface area contributed by atoms with Gasteiger partial charge in [-0.1, -0.05) is 13.8 Å². The lowest BCUT2D eigenvalue weighted by atomic mass is 9.95. The molecule has 1 heterocycles. The minimum atomic E-state index is -3.22. The average molecular weight is 347 g/mol. The van der Waals surface area contributed by atoms with Crippen LogP contribution >= 0.6 is 12.4 Å². The van der Waals surface area contributed by atoms with Crippen LogP contribution in [0.1, 0.15) is 30.6 Å². The maximum absolute atomic E-state index is 12.2. The lowest BCUT2D eigenvalue weighted by molar-refractivity contribution is 0.0914. The van der Waals surface area contributed by atoms with E-state index in [9.17, 15) is 13.2 Å². The number of hydrogen-bond donors (Lipinski definition) is 2. The van der Waals surface area contributed by atoms with Crippen LogP contribution in [0.4, 0.5) is 0 Å². The van der Waals surface area contributed by atoms with Gasteiger partial charge in [0.05, 0.1) is 10.6 Å². The molecule has 0 aromatic heterocycles. The van der Waals surface area contributed by atoms with E-state index in [1.807, 2.05) is 0 Å². The Balaban J connectivity index is 0.00000242. The summed E-state index contributed by atoms with van der Waals surface area (Å²) >= 11 is 0. The zero-order chi connectivity index (χ0) is 15.5. The van der Waals surface area contributed by atoms with Crippen LogP contribution in [0.15, 0.2) is 29.2 Å². The number of benzene rings is 1. The molecule has 0 bridgehead atoms. The zero-order valence-corrected chi connectivity index (χ0v) is 14.5. The molecule has 1 amide bonds. The molecule has 7 heteroatoms. The van der Waals surface area contributed by atoms with Crippen molar-refractivity contribution in [2.75, 3.05) is 18.8 Å². The van der Waals surface area contributed by atoms with Crippen molar-refractivity contribution in [2.24, 2.45) is 5.92 Å². The number of carbonyl (C=O) groups is 1. The number of hydrogen-bond acceptors (Lipinski definition) is 4. The Labute approximate surface area is 138 Å². The van der Waals surface area contributed by atoms with Crippen molar-refractivity contribution < 1.29 is 13.2 Å². The van der Waals surface area contributed by atoms with Gasteiger partial charge < -0.3 is 10.6 Å². The summed E-state index contributed by atoms with van der Waals surface area (Å²) < 4.78 is 23.5. The topological polar surface area (TPSA) is 75.3 Å². The Kier molecular flexibility index (Phi) is 6.84. The van der Waals surface area contributed by atoms with Crippen LogP contribution in [0.5, 0.6) is 0 Å². The van der Waals surface area contributed by atoms with Crippen molar-refractivity contribution >= 4 is 28.2 Å². The first-order valence-electron chi connectivity index (χ1n) is 7.28. The van der Waals surface area contributed by atoms with Gasteiger partial charge in [-0.2, -0.15) is 0 Å². The molecule has 1 aromatic rings. The van der Waals surface area contributed by atoms with Crippen LogP contribution < -0.4 is 10.6 Å². The first-order valence-corrected chi connectivity index (χ1v) is 8.93. The van der Waals surface area contributed by atoms with Crippen molar-refractivity contribution in [1.29, 1.82) is 0 Å². The Morgan fingerprint density at radius 1 is 1.32 bits per heavy atom. The van der Waals surface area contributed by atoms with Crippen molar-refractivity contribution in [3.63, 3.8) is 0 Å². The van der Waals surface area contributed by atoms with Crippen LogP contribution in [-0.2, 0) is 9.84 Å². The summed E-state index contributed by atoms with van der Waals surface area (Å²) in [4.78, 5) is 12.5. The molecule has 2 N–H and O–H groups in total. The maximum atomic E-state index is 12.2. The van der Waals surface area contributed by atoms with Gasteiger partial charge in [-0.05, 0) is 49.7 Å². The van der Waals surface area contributed by atoms with E-state index in [1.165, 1.54) is 12.1 Å². The lowest BCUT2D eigenvalue weighted by Crippen LogP contribution is -2.48. The molecule has 1 fully saturated rings. The molecule has 0 saturated carbocycles. The Bertz CT molecular complexity index is 602. The van der Waals surface area contributed by atoms with Gasteiger partial charge in [-0.15, -0.1) is 12.4 Å². The summed E-state index contributed by atoms with van der Waals surface area (Å²) in [5.74, 6) is 0.308. The van der Waals surface area contributed by atoms with Gasteiger partial charge in [0.15, 0.2) is 9.84 Å². The summed E-state index contributed by atoms with van der Waals surface area (Å²) in [6, 6.07) is 6.31. The summed E-state index contributed by atoms with van der Waals surface area (Å²) in [7, 11) is -3.22. The summed E-state index contributed by atoms with van der Waals surface area (Å²) in [6.45, 7) is 5.52. The second-order valence-corrected chi connectivity index (χ2v) is 7.76. The lowest BCUT2D eigenvalue weighted by Gasteiger charge is -2.30. The van der Waals surface area contributed by atoms with Crippen LogP contribution in [0.2, 0.25) is 0 Å². The molecule has 2 unspecified atom stereocenters. The minimum absolute atomic E-state index is 0. The Morgan fingerprint density at radius 3 is 2.50 bits per heavy atom. The molecule has 1 aliphatic heterocycles. The third-order valence-corrected chi connectivity index (χ3v) is 5.71. The van der Waals surface area contributed by atoms with E-state index >= 15 is 0 Å². The van der Waals surface area contributed by atoms with E-state index in [1.54, 1.807) is 19.1 Å². The highest BCUT2D eigenvalue weighted by atomic mass is 35.5. The Hall–Kier alpha value is -1.11. The number of amides is 1. The van der Waals surface area contributed by atoms with Gasteiger partial charge in [0.2, 0.25) is 0 Å². The van der Waals surface area contributed by atoms with E-state index < -0.39 is 9.84 Å². The van der Waals surface area contributed by atoms with E-state index in [-0.39, 0.29) is 35.0 Å². The third-order valence-electron chi connectivity index (χ3n) is 3.96. The van der Waals surface area contributed by atoms with Crippen molar-refractivity contribution in [3.8, 4) is 0 Å². The SMILES string of the molecule is CCS(=O)(=O)c1ccc(C(=O)NC2CCNCC2C)cc1.Cl. The van der Waals surface area contributed by atoms with Gasteiger partial charge in [0.1, 0.15) is 0 Å². The van der Waals surface area contributed by atoms with Crippen LogP contribution in [0.25, 0.3) is 0 Å². The average Bonchev–Trinajstić information content (AvgIpc) is 2.49. The molecule has 22 heavy (non-hydrogen) atoms. The molecule has 0 radical (unpaired) electrons. The predicted molar refractivity (Wildman–Crippen MR) is 89.3 cm³/mol. The van der Waals surface area contributed by atoms with E-state index in [4.69, 9.17) is 0 Å². The van der Waals surface area contributed by atoms with Crippen molar-refractivity contribution in [2.45, 2.75) is 31.2 Å². The molecule has 2 rings (SSSR count). The number of carbonyl (C=O) groups excluding carboxylic acids is 1. The molecule has 5 nitrogen and oxygen atoms in total.